The van der Waals surface area contributed by atoms with Gasteiger partial charge in [-0.05, 0) is 62.2 Å². The number of nitrogens with zero attached hydrogens (tertiary/aromatic N) is 4. The molecule has 1 N–H and O–H groups in total. The number of amides is 1. The molecule has 0 spiro atoms. The molecule has 2 atom stereocenters. The van der Waals surface area contributed by atoms with Crippen LogP contribution in [0.2, 0.25) is 0 Å². The molecule has 2 aliphatic rings. The minimum atomic E-state index is -0.0445. The molecule has 0 radical (unpaired) electrons. The highest BCUT2D eigenvalue weighted by atomic mass is 16.2. The average molecular weight is 446 g/mol. The van der Waals surface area contributed by atoms with Crippen molar-refractivity contribution in [3.63, 3.8) is 0 Å². The van der Waals surface area contributed by atoms with E-state index in [0.717, 1.165) is 26.1 Å². The van der Waals surface area contributed by atoms with Crippen molar-refractivity contribution in [3.8, 4) is 0 Å². The molecule has 33 heavy (non-hydrogen) atoms. The molecule has 6 heteroatoms. The number of nitrogens with one attached hydrogen (secondary N) is 1. The predicted molar refractivity (Wildman–Crippen MR) is 136 cm³/mol. The Balaban J connectivity index is 0.000000243. The molecule has 0 fully saturated rings. The normalized spacial score (nSPS) is 19.2. The summed E-state index contributed by atoms with van der Waals surface area (Å²) in [6.45, 7) is 6.47. The van der Waals surface area contributed by atoms with Crippen molar-refractivity contribution >= 4 is 28.1 Å². The van der Waals surface area contributed by atoms with Crippen LogP contribution in [0.15, 0.2) is 55.0 Å². The molecular weight excluding hydrogens is 410 g/mol. The Morgan fingerprint density at radius 2 is 1.88 bits per heavy atom. The van der Waals surface area contributed by atoms with E-state index in [1.807, 2.05) is 36.0 Å². The summed E-state index contributed by atoms with van der Waals surface area (Å²) in [6.07, 6.45) is 8.98. The summed E-state index contributed by atoms with van der Waals surface area (Å²) in [5.41, 5.74) is 6.39. The molecule has 2 aromatic heterocycles. The van der Waals surface area contributed by atoms with Crippen LogP contribution in [0.3, 0.4) is 0 Å². The van der Waals surface area contributed by atoms with E-state index < -0.39 is 0 Å². The van der Waals surface area contributed by atoms with Crippen LogP contribution in [0.25, 0.3) is 16.5 Å². The molecule has 1 aromatic carbocycles. The van der Waals surface area contributed by atoms with E-state index in [1.165, 1.54) is 33.3 Å². The fourth-order valence-electron chi connectivity index (χ4n) is 5.02. The summed E-state index contributed by atoms with van der Waals surface area (Å²) >= 11 is 0. The van der Waals surface area contributed by atoms with Gasteiger partial charge in [-0.1, -0.05) is 18.2 Å². The van der Waals surface area contributed by atoms with E-state index in [0.29, 0.717) is 6.04 Å². The van der Waals surface area contributed by atoms with Crippen LogP contribution in [-0.2, 0) is 11.2 Å². The van der Waals surface area contributed by atoms with Gasteiger partial charge in [0.15, 0.2) is 0 Å². The van der Waals surface area contributed by atoms with E-state index in [4.69, 9.17) is 0 Å². The second-order valence-electron chi connectivity index (χ2n) is 9.04. The van der Waals surface area contributed by atoms with Crippen molar-refractivity contribution in [2.24, 2.45) is 5.92 Å². The molecule has 0 saturated carbocycles. The molecule has 1 amide bonds. The Morgan fingerprint density at radius 1 is 1.15 bits per heavy atom. The van der Waals surface area contributed by atoms with Crippen LogP contribution < -0.4 is 4.90 Å². The maximum absolute atomic E-state index is 12.9. The maximum atomic E-state index is 12.9. The van der Waals surface area contributed by atoms with Gasteiger partial charge in [-0.25, -0.2) is 0 Å². The van der Waals surface area contributed by atoms with Crippen LogP contribution in [0.4, 0.5) is 5.69 Å². The number of carbonyl (C=O) groups excluding carboxylic acids is 1. The van der Waals surface area contributed by atoms with Crippen LogP contribution >= 0.6 is 0 Å². The quantitative estimate of drug-likeness (QED) is 0.658. The van der Waals surface area contributed by atoms with Gasteiger partial charge in [0.25, 0.3) is 0 Å². The number of aromatic amines is 1. The number of benzene rings is 1. The molecular formula is C27H35N5O. The third-order valence-corrected chi connectivity index (χ3v) is 6.84. The smallest absolute Gasteiger partial charge is 0.230 e. The third kappa shape index (κ3) is 4.53. The monoisotopic (exact) mass is 445 g/mol. The highest BCUT2D eigenvalue weighted by Crippen LogP contribution is 2.40. The standard InChI is InChI=1S/C20H25N3O.C7H10N2/c1-4-23(5-2)20(24)14-9-16-15-7-6-8-17-19(15)13(11-21-17)10-18(16)22(3)12-14;1-9(2)7-3-5-8-6-4-7/h6-9,11,14,18,21H,4-5,10,12H2,1-3H3;3-6H,1-2H3/t14-,18-;/m1./s1. The molecule has 1 aliphatic carbocycles. The highest BCUT2D eigenvalue weighted by molar-refractivity contribution is 5.99. The number of aromatic nitrogens is 2. The zero-order valence-electron chi connectivity index (χ0n) is 20.4. The van der Waals surface area contributed by atoms with Gasteiger partial charge in [0.2, 0.25) is 5.91 Å². The van der Waals surface area contributed by atoms with Gasteiger partial charge in [-0.2, -0.15) is 0 Å². The van der Waals surface area contributed by atoms with Gasteiger partial charge >= 0.3 is 0 Å². The molecule has 3 aromatic rings. The zero-order chi connectivity index (χ0) is 23.5. The maximum Gasteiger partial charge on any atom is 0.230 e. The highest BCUT2D eigenvalue weighted by Gasteiger charge is 2.36. The number of anilines is 1. The third-order valence-electron chi connectivity index (χ3n) is 6.84. The van der Waals surface area contributed by atoms with Crippen molar-refractivity contribution in [1.29, 1.82) is 0 Å². The molecule has 0 saturated heterocycles. The number of rotatable bonds is 4. The zero-order valence-corrected chi connectivity index (χ0v) is 20.4. The summed E-state index contributed by atoms with van der Waals surface area (Å²) in [4.78, 5) is 26.5. The summed E-state index contributed by atoms with van der Waals surface area (Å²) in [5.74, 6) is 0.210. The van der Waals surface area contributed by atoms with E-state index in [2.05, 4.69) is 66.2 Å². The fourth-order valence-corrected chi connectivity index (χ4v) is 5.02. The summed E-state index contributed by atoms with van der Waals surface area (Å²) in [5, 5.41) is 1.34. The topological polar surface area (TPSA) is 55.5 Å². The van der Waals surface area contributed by atoms with Gasteiger partial charge in [0, 0.05) is 75.0 Å². The molecule has 0 unspecified atom stereocenters. The van der Waals surface area contributed by atoms with Gasteiger partial charge in [-0.3, -0.25) is 14.7 Å². The van der Waals surface area contributed by atoms with Crippen LogP contribution in [0.5, 0.6) is 0 Å². The van der Waals surface area contributed by atoms with Crippen molar-refractivity contribution in [2.45, 2.75) is 26.3 Å². The van der Waals surface area contributed by atoms with Crippen molar-refractivity contribution in [1.82, 2.24) is 19.8 Å². The van der Waals surface area contributed by atoms with Gasteiger partial charge < -0.3 is 14.8 Å². The number of H-pyrrole nitrogens is 1. The van der Waals surface area contributed by atoms with E-state index >= 15 is 0 Å². The lowest BCUT2D eigenvalue weighted by atomic mass is 9.79. The Kier molecular flexibility index (Phi) is 6.84. The van der Waals surface area contributed by atoms with Crippen molar-refractivity contribution in [3.05, 3.63) is 66.1 Å². The van der Waals surface area contributed by atoms with Crippen LogP contribution in [-0.4, -0.2) is 72.5 Å². The fraction of sp³-hybridized carbons (Fsp3) is 0.407. The number of likely N-dealkylation sites (N-methyl/N-ethyl adjacent to an activating group) is 1. The second-order valence-corrected chi connectivity index (χ2v) is 9.04. The minimum Gasteiger partial charge on any atom is -0.378 e. The minimum absolute atomic E-state index is 0.0445. The first-order chi connectivity index (χ1) is 15.9. The predicted octanol–water partition coefficient (Wildman–Crippen LogP) is 4.05. The Hall–Kier alpha value is -3.12. The molecule has 3 heterocycles. The van der Waals surface area contributed by atoms with Gasteiger partial charge in [0.1, 0.15) is 0 Å². The lowest BCUT2D eigenvalue weighted by Gasteiger charge is -2.40. The average Bonchev–Trinajstić information content (AvgIpc) is 3.25. The number of pyridine rings is 1. The summed E-state index contributed by atoms with van der Waals surface area (Å²) in [6, 6.07) is 10.8. The lowest BCUT2D eigenvalue weighted by Crippen LogP contribution is -2.47. The van der Waals surface area contributed by atoms with Gasteiger partial charge in [-0.15, -0.1) is 0 Å². The van der Waals surface area contributed by atoms with Crippen LogP contribution in [0, 0.1) is 5.92 Å². The van der Waals surface area contributed by atoms with E-state index in [1.54, 1.807) is 12.4 Å². The first-order valence-electron chi connectivity index (χ1n) is 11.8. The number of fused-ring (bicyclic) bond motifs is 2. The molecule has 174 valence electrons. The lowest BCUT2D eigenvalue weighted by molar-refractivity contribution is -0.134. The number of hydrogen-bond acceptors (Lipinski definition) is 4. The Morgan fingerprint density at radius 3 is 2.52 bits per heavy atom. The van der Waals surface area contributed by atoms with Crippen LogP contribution in [0.1, 0.15) is 25.0 Å². The first kappa shape index (κ1) is 23.1. The SMILES string of the molecule is CCN(CC)C(=O)[C@@H]1C=C2c3cccc4[nH]cc(c34)C[C@H]2N(C)C1.CN(C)c1ccncc1. The van der Waals surface area contributed by atoms with Crippen molar-refractivity contribution in [2.75, 3.05) is 45.7 Å². The van der Waals surface area contributed by atoms with Gasteiger partial charge in [0.05, 0.1) is 5.92 Å². The Labute approximate surface area is 196 Å². The Bertz CT molecular complexity index is 1130. The molecule has 6 nitrogen and oxygen atoms in total. The molecule has 5 rings (SSSR count). The largest absolute Gasteiger partial charge is 0.378 e. The second kappa shape index (κ2) is 9.79. The van der Waals surface area contributed by atoms with Crippen molar-refractivity contribution < 1.29 is 4.79 Å². The first-order valence-corrected chi connectivity index (χ1v) is 11.8. The molecule has 0 bridgehead atoms. The van der Waals surface area contributed by atoms with E-state index in [9.17, 15) is 4.79 Å². The molecule has 1 aliphatic heterocycles. The van der Waals surface area contributed by atoms with E-state index in [-0.39, 0.29) is 11.8 Å². The summed E-state index contributed by atoms with van der Waals surface area (Å²) < 4.78 is 0. The number of hydrogen-bond donors (Lipinski definition) is 1. The number of carbonyl (C=O) groups is 1. The summed E-state index contributed by atoms with van der Waals surface area (Å²) in [7, 11) is 6.17.